The lowest BCUT2D eigenvalue weighted by Gasteiger charge is -2.37. The van der Waals surface area contributed by atoms with Crippen LogP contribution in [0.5, 0.6) is 0 Å². The molecule has 1 saturated carbocycles. The monoisotopic (exact) mass is 280 g/mol. The first-order valence-electron chi connectivity index (χ1n) is 5.54. The van der Waals surface area contributed by atoms with Crippen LogP contribution in [0.4, 0.5) is 10.5 Å². The third-order valence-electron chi connectivity index (χ3n) is 3.53. The van der Waals surface area contributed by atoms with Crippen molar-refractivity contribution in [2.75, 3.05) is 11.4 Å². The molecule has 2 fully saturated rings. The van der Waals surface area contributed by atoms with E-state index in [2.05, 4.69) is 21.2 Å². The highest BCUT2D eigenvalue weighted by Crippen LogP contribution is 2.37. The maximum Gasteiger partial charge on any atom is 0.322 e. The molecule has 1 aliphatic heterocycles. The lowest BCUT2D eigenvalue weighted by Crippen LogP contribution is -2.49. The Bertz CT molecular complexity index is 425. The number of hydrogen-bond donors (Lipinski definition) is 1. The summed E-state index contributed by atoms with van der Waals surface area (Å²) in [5.41, 5.74) is 1.05. The average molecular weight is 281 g/mol. The minimum absolute atomic E-state index is 0.0435. The number of amides is 2. The molecule has 0 atom stereocenters. The molecule has 0 bridgehead atoms. The summed E-state index contributed by atoms with van der Waals surface area (Å²) in [5, 5.41) is 3.11. The van der Waals surface area contributed by atoms with Crippen molar-refractivity contribution in [3.05, 3.63) is 28.7 Å². The normalized spacial score (nSPS) is 22.1. The SMILES string of the molecule is O=C1NC2(CCC2)CN1c1ccc(Br)cc1. The van der Waals surface area contributed by atoms with Crippen LogP contribution in [-0.4, -0.2) is 18.1 Å². The number of carbonyl (C=O) groups is 1. The van der Waals surface area contributed by atoms with Crippen molar-refractivity contribution in [2.24, 2.45) is 0 Å². The number of hydrogen-bond acceptors (Lipinski definition) is 1. The highest BCUT2D eigenvalue weighted by Gasteiger charge is 2.46. The first kappa shape index (κ1) is 10.1. The minimum Gasteiger partial charge on any atom is -0.330 e. The van der Waals surface area contributed by atoms with Gasteiger partial charge >= 0.3 is 6.03 Å². The fourth-order valence-electron chi connectivity index (χ4n) is 2.42. The predicted molar refractivity (Wildman–Crippen MR) is 66.6 cm³/mol. The zero-order chi connectivity index (χ0) is 11.2. The Kier molecular flexibility index (Phi) is 2.21. The van der Waals surface area contributed by atoms with Gasteiger partial charge in [-0.15, -0.1) is 0 Å². The number of urea groups is 1. The molecular weight excluding hydrogens is 268 g/mol. The van der Waals surface area contributed by atoms with Gasteiger partial charge in [0.15, 0.2) is 0 Å². The lowest BCUT2D eigenvalue weighted by atomic mass is 9.77. The molecule has 1 heterocycles. The first-order chi connectivity index (χ1) is 7.69. The summed E-state index contributed by atoms with van der Waals surface area (Å²) >= 11 is 3.40. The van der Waals surface area contributed by atoms with E-state index in [0.29, 0.717) is 0 Å². The third-order valence-corrected chi connectivity index (χ3v) is 4.06. The van der Waals surface area contributed by atoms with Gasteiger partial charge in [0.2, 0.25) is 0 Å². The molecule has 1 aromatic rings. The topological polar surface area (TPSA) is 32.3 Å². The van der Waals surface area contributed by atoms with Crippen LogP contribution < -0.4 is 10.2 Å². The Morgan fingerprint density at radius 2 is 1.94 bits per heavy atom. The minimum atomic E-state index is 0.0435. The van der Waals surface area contributed by atoms with Gasteiger partial charge in [0.1, 0.15) is 0 Å². The number of rotatable bonds is 1. The van der Waals surface area contributed by atoms with Crippen LogP contribution in [0.1, 0.15) is 19.3 Å². The van der Waals surface area contributed by atoms with Gasteiger partial charge in [0.25, 0.3) is 0 Å². The largest absolute Gasteiger partial charge is 0.330 e. The molecule has 1 spiro atoms. The van der Waals surface area contributed by atoms with Crippen molar-refractivity contribution >= 4 is 27.6 Å². The van der Waals surface area contributed by atoms with Crippen molar-refractivity contribution < 1.29 is 4.79 Å². The number of nitrogens with one attached hydrogen (secondary N) is 1. The smallest absolute Gasteiger partial charge is 0.322 e. The summed E-state index contributed by atoms with van der Waals surface area (Å²) in [5.74, 6) is 0. The van der Waals surface area contributed by atoms with Crippen molar-refractivity contribution in [2.45, 2.75) is 24.8 Å². The lowest BCUT2D eigenvalue weighted by molar-refractivity contribution is 0.218. The van der Waals surface area contributed by atoms with Gasteiger partial charge in [0, 0.05) is 10.2 Å². The van der Waals surface area contributed by atoms with Crippen molar-refractivity contribution in [1.82, 2.24) is 5.32 Å². The molecule has 0 radical (unpaired) electrons. The summed E-state index contributed by atoms with van der Waals surface area (Å²) < 4.78 is 1.04. The molecule has 3 rings (SSSR count). The Labute approximate surface area is 103 Å². The van der Waals surface area contributed by atoms with Crippen LogP contribution in [0.2, 0.25) is 0 Å². The Hall–Kier alpha value is -1.03. The molecule has 16 heavy (non-hydrogen) atoms. The van der Waals surface area contributed by atoms with Crippen LogP contribution in [0.15, 0.2) is 28.7 Å². The van der Waals surface area contributed by atoms with E-state index < -0.39 is 0 Å². The molecule has 1 aliphatic carbocycles. The van der Waals surface area contributed by atoms with Gasteiger partial charge in [-0.25, -0.2) is 4.79 Å². The van der Waals surface area contributed by atoms with Crippen LogP contribution >= 0.6 is 15.9 Å². The maximum atomic E-state index is 11.9. The van der Waals surface area contributed by atoms with Crippen LogP contribution in [0.25, 0.3) is 0 Å². The van der Waals surface area contributed by atoms with Gasteiger partial charge in [-0.1, -0.05) is 15.9 Å². The van der Waals surface area contributed by atoms with E-state index in [1.807, 2.05) is 29.2 Å². The molecule has 1 N–H and O–H groups in total. The van der Waals surface area contributed by atoms with E-state index in [0.717, 1.165) is 29.5 Å². The van der Waals surface area contributed by atoms with Crippen LogP contribution in [0.3, 0.4) is 0 Å². The van der Waals surface area contributed by atoms with E-state index in [1.54, 1.807) is 0 Å². The Morgan fingerprint density at radius 3 is 2.44 bits per heavy atom. The molecule has 0 aromatic heterocycles. The molecule has 1 aromatic carbocycles. The number of anilines is 1. The second kappa shape index (κ2) is 3.48. The molecule has 2 amide bonds. The molecule has 84 valence electrons. The van der Waals surface area contributed by atoms with Crippen molar-refractivity contribution in [3.8, 4) is 0 Å². The van der Waals surface area contributed by atoms with Crippen LogP contribution in [-0.2, 0) is 0 Å². The average Bonchev–Trinajstić information content (AvgIpc) is 2.57. The summed E-state index contributed by atoms with van der Waals surface area (Å²) in [6.07, 6.45) is 3.46. The summed E-state index contributed by atoms with van der Waals surface area (Å²) in [4.78, 5) is 13.7. The Balaban J connectivity index is 1.85. The number of halogens is 1. The van der Waals surface area contributed by atoms with E-state index in [-0.39, 0.29) is 11.6 Å². The van der Waals surface area contributed by atoms with E-state index in [1.165, 1.54) is 6.42 Å². The highest BCUT2D eigenvalue weighted by atomic mass is 79.9. The Morgan fingerprint density at radius 1 is 1.25 bits per heavy atom. The summed E-state index contributed by atoms with van der Waals surface area (Å²) in [6, 6.07) is 7.92. The quantitative estimate of drug-likeness (QED) is 0.843. The zero-order valence-electron chi connectivity index (χ0n) is 8.87. The fourth-order valence-corrected chi connectivity index (χ4v) is 2.69. The van der Waals surface area contributed by atoms with Gasteiger partial charge < -0.3 is 5.32 Å². The van der Waals surface area contributed by atoms with E-state index in [9.17, 15) is 4.79 Å². The predicted octanol–water partition coefficient (Wildman–Crippen LogP) is 2.90. The first-order valence-corrected chi connectivity index (χ1v) is 6.33. The fraction of sp³-hybridized carbons (Fsp3) is 0.417. The van der Waals surface area contributed by atoms with Crippen molar-refractivity contribution in [3.63, 3.8) is 0 Å². The van der Waals surface area contributed by atoms with E-state index >= 15 is 0 Å². The number of nitrogens with zero attached hydrogens (tertiary/aromatic N) is 1. The van der Waals surface area contributed by atoms with Crippen LogP contribution in [0, 0.1) is 0 Å². The molecule has 4 heteroatoms. The number of benzene rings is 1. The molecule has 3 nitrogen and oxygen atoms in total. The maximum absolute atomic E-state index is 11.9. The molecule has 0 unspecified atom stereocenters. The molecular formula is C12H13BrN2O. The zero-order valence-corrected chi connectivity index (χ0v) is 10.5. The van der Waals surface area contributed by atoms with Crippen molar-refractivity contribution in [1.29, 1.82) is 0 Å². The summed E-state index contributed by atoms with van der Waals surface area (Å²) in [6.45, 7) is 0.813. The standard InChI is InChI=1S/C12H13BrN2O/c13-9-2-4-10(5-3-9)15-8-12(6-1-7-12)14-11(15)16/h2-5H,1,6-8H2,(H,14,16). The molecule has 1 saturated heterocycles. The van der Waals surface area contributed by atoms with Gasteiger partial charge in [-0.05, 0) is 43.5 Å². The molecule has 2 aliphatic rings. The summed E-state index contributed by atoms with van der Waals surface area (Å²) in [7, 11) is 0. The number of carbonyl (C=O) groups excluding carboxylic acids is 1. The van der Waals surface area contributed by atoms with Gasteiger partial charge in [-0.2, -0.15) is 0 Å². The third kappa shape index (κ3) is 1.52. The van der Waals surface area contributed by atoms with Gasteiger partial charge in [0.05, 0.1) is 12.1 Å². The highest BCUT2D eigenvalue weighted by molar-refractivity contribution is 9.10. The van der Waals surface area contributed by atoms with Gasteiger partial charge in [-0.3, -0.25) is 4.90 Å². The second-order valence-corrected chi connectivity index (χ2v) is 5.54. The second-order valence-electron chi connectivity index (χ2n) is 4.63. The van der Waals surface area contributed by atoms with E-state index in [4.69, 9.17) is 0 Å².